The molecule has 0 aliphatic rings. The molecule has 0 fully saturated rings. The molecule has 0 radical (unpaired) electrons. The van der Waals surface area contributed by atoms with E-state index < -0.39 is 0 Å². The summed E-state index contributed by atoms with van der Waals surface area (Å²) >= 11 is 1.84. The number of fused-ring (bicyclic) bond motifs is 9. The molecular weight excluding hydrogens is 518 g/mol. The van der Waals surface area contributed by atoms with E-state index in [1.807, 2.05) is 23.5 Å². The summed E-state index contributed by atoms with van der Waals surface area (Å²) in [6.07, 6.45) is 0. The van der Waals surface area contributed by atoms with Crippen LogP contribution in [0.1, 0.15) is 0 Å². The second-order valence-corrected chi connectivity index (χ2v) is 11.6. The van der Waals surface area contributed by atoms with Crippen LogP contribution in [0.15, 0.2) is 127 Å². The lowest BCUT2D eigenvalue weighted by Crippen LogP contribution is -1.95. The molecule has 9 rings (SSSR count). The zero-order valence-electron chi connectivity index (χ0n) is 21.9. The standard InChI is InChI=1S/C37H21N3S/c1-38-23-17-19-28-27-11-2-5-12-30(27)39(34(28)21-23)24-18-20-35-29(22-24)37-33(15-8-16-36(37)41-35)40-31-13-6-3-9-25(31)26-10-4-7-14-32(26)40/h2-22H. The van der Waals surface area contributed by atoms with Crippen LogP contribution in [0.3, 0.4) is 0 Å². The molecule has 6 aromatic carbocycles. The van der Waals surface area contributed by atoms with E-state index >= 15 is 0 Å². The Morgan fingerprint density at radius 3 is 1.80 bits per heavy atom. The molecule has 3 nitrogen and oxygen atoms in total. The smallest absolute Gasteiger partial charge is 0.189 e. The first-order valence-corrected chi connectivity index (χ1v) is 14.5. The number of hydrogen-bond donors (Lipinski definition) is 0. The number of para-hydroxylation sites is 3. The molecular formula is C37H21N3S. The zero-order chi connectivity index (χ0) is 27.1. The van der Waals surface area contributed by atoms with E-state index in [1.54, 1.807) is 0 Å². The molecule has 190 valence electrons. The zero-order valence-corrected chi connectivity index (χ0v) is 22.7. The molecule has 0 unspecified atom stereocenters. The first kappa shape index (κ1) is 22.4. The van der Waals surface area contributed by atoms with Gasteiger partial charge < -0.3 is 9.13 Å². The van der Waals surface area contributed by atoms with Gasteiger partial charge in [0.1, 0.15) is 0 Å². The lowest BCUT2D eigenvalue weighted by molar-refractivity contribution is 1.19. The van der Waals surface area contributed by atoms with Gasteiger partial charge in [0.05, 0.1) is 28.8 Å². The molecule has 0 spiro atoms. The minimum absolute atomic E-state index is 0.650. The van der Waals surface area contributed by atoms with Crippen LogP contribution in [0.25, 0.3) is 80.0 Å². The summed E-state index contributed by atoms with van der Waals surface area (Å²) in [5.41, 5.74) is 7.57. The highest BCUT2D eigenvalue weighted by atomic mass is 32.1. The van der Waals surface area contributed by atoms with Crippen LogP contribution in [0.2, 0.25) is 0 Å². The van der Waals surface area contributed by atoms with E-state index in [-0.39, 0.29) is 0 Å². The molecule has 9 aromatic rings. The van der Waals surface area contributed by atoms with Crippen molar-refractivity contribution in [2.24, 2.45) is 0 Å². The van der Waals surface area contributed by atoms with Gasteiger partial charge in [-0.1, -0.05) is 72.8 Å². The second-order valence-electron chi connectivity index (χ2n) is 10.5. The van der Waals surface area contributed by atoms with Crippen molar-refractivity contribution in [3.05, 3.63) is 139 Å². The molecule has 3 heterocycles. The largest absolute Gasteiger partial charge is 0.310 e. The van der Waals surface area contributed by atoms with Crippen LogP contribution in [-0.2, 0) is 0 Å². The molecule has 0 N–H and O–H groups in total. The van der Waals surface area contributed by atoms with Crippen molar-refractivity contribution < 1.29 is 0 Å². The first-order valence-electron chi connectivity index (χ1n) is 13.6. The van der Waals surface area contributed by atoms with Crippen molar-refractivity contribution in [1.82, 2.24) is 9.13 Å². The van der Waals surface area contributed by atoms with Crippen molar-refractivity contribution in [2.75, 3.05) is 0 Å². The van der Waals surface area contributed by atoms with Gasteiger partial charge in [-0.3, -0.25) is 0 Å². The Hall–Kier alpha value is -5.37. The Kier molecular flexibility index (Phi) is 4.55. The number of nitrogens with zero attached hydrogens (tertiary/aromatic N) is 3. The van der Waals surface area contributed by atoms with E-state index in [0.717, 1.165) is 22.1 Å². The summed E-state index contributed by atoms with van der Waals surface area (Å²) in [5, 5.41) is 7.40. The van der Waals surface area contributed by atoms with E-state index in [0.29, 0.717) is 5.69 Å². The average molecular weight is 540 g/mol. The predicted octanol–water partition coefficient (Wildman–Crippen LogP) is 10.8. The van der Waals surface area contributed by atoms with Crippen LogP contribution in [0, 0.1) is 6.57 Å². The molecule has 0 saturated carbocycles. The fraction of sp³-hybridized carbons (Fsp3) is 0. The van der Waals surface area contributed by atoms with Gasteiger partial charge in [-0.2, -0.15) is 0 Å². The molecule has 41 heavy (non-hydrogen) atoms. The first-order chi connectivity index (χ1) is 20.3. The SMILES string of the molecule is [C-]#[N+]c1ccc2c3ccccc3n(-c3ccc4sc5cccc(-n6c7ccccc7c7ccccc76)c5c4c3)c2c1. The number of rotatable bonds is 2. The lowest BCUT2D eigenvalue weighted by Gasteiger charge is -2.11. The van der Waals surface area contributed by atoms with Gasteiger partial charge >= 0.3 is 0 Å². The summed E-state index contributed by atoms with van der Waals surface area (Å²) in [6, 6.07) is 45.4. The molecule has 0 aliphatic heterocycles. The van der Waals surface area contributed by atoms with E-state index in [9.17, 15) is 0 Å². The van der Waals surface area contributed by atoms with Crippen molar-refractivity contribution in [3.8, 4) is 11.4 Å². The molecule has 0 aliphatic carbocycles. The third-order valence-electron chi connectivity index (χ3n) is 8.32. The third-order valence-corrected chi connectivity index (χ3v) is 9.46. The Balaban J connectivity index is 1.39. The second kappa shape index (κ2) is 8.32. The molecule has 0 saturated heterocycles. The third kappa shape index (κ3) is 3.07. The van der Waals surface area contributed by atoms with Crippen LogP contribution in [-0.4, -0.2) is 9.13 Å². The highest BCUT2D eigenvalue weighted by Crippen LogP contribution is 2.42. The summed E-state index contributed by atoms with van der Waals surface area (Å²) in [6.45, 7) is 7.63. The summed E-state index contributed by atoms with van der Waals surface area (Å²) in [5.74, 6) is 0. The minimum atomic E-state index is 0.650. The maximum atomic E-state index is 7.63. The monoisotopic (exact) mass is 539 g/mol. The number of hydrogen-bond acceptors (Lipinski definition) is 1. The van der Waals surface area contributed by atoms with E-state index in [2.05, 4.69) is 129 Å². The Morgan fingerprint density at radius 1 is 0.488 bits per heavy atom. The lowest BCUT2D eigenvalue weighted by atomic mass is 10.1. The maximum absolute atomic E-state index is 7.63. The summed E-state index contributed by atoms with van der Waals surface area (Å²) in [7, 11) is 0. The molecule has 0 bridgehead atoms. The normalized spacial score (nSPS) is 11.9. The van der Waals surface area contributed by atoms with Gasteiger partial charge in [0.25, 0.3) is 0 Å². The fourth-order valence-corrected chi connectivity index (χ4v) is 7.72. The van der Waals surface area contributed by atoms with Crippen LogP contribution >= 0.6 is 11.3 Å². The van der Waals surface area contributed by atoms with Crippen LogP contribution in [0.5, 0.6) is 0 Å². The Labute approximate surface area is 239 Å². The van der Waals surface area contributed by atoms with Gasteiger partial charge in [0.15, 0.2) is 5.69 Å². The van der Waals surface area contributed by atoms with Gasteiger partial charge in [-0.15, -0.1) is 11.3 Å². The number of thiophene rings is 1. The van der Waals surface area contributed by atoms with Gasteiger partial charge in [-0.05, 0) is 54.6 Å². The van der Waals surface area contributed by atoms with E-state index in [4.69, 9.17) is 6.57 Å². The number of benzene rings is 6. The quantitative estimate of drug-likeness (QED) is 0.194. The Bertz CT molecular complexity index is 2500. The fourth-order valence-electron chi connectivity index (χ4n) is 6.61. The van der Waals surface area contributed by atoms with Crippen LogP contribution < -0.4 is 0 Å². The summed E-state index contributed by atoms with van der Waals surface area (Å²) < 4.78 is 7.27. The molecule has 3 aromatic heterocycles. The van der Waals surface area contributed by atoms with Crippen molar-refractivity contribution >= 4 is 80.8 Å². The van der Waals surface area contributed by atoms with Gasteiger partial charge in [-0.25, -0.2) is 4.85 Å². The Morgan fingerprint density at radius 2 is 1.12 bits per heavy atom. The number of aromatic nitrogens is 2. The average Bonchev–Trinajstić information content (AvgIpc) is 3.68. The van der Waals surface area contributed by atoms with Crippen molar-refractivity contribution in [1.29, 1.82) is 0 Å². The highest BCUT2D eigenvalue weighted by molar-refractivity contribution is 7.25. The van der Waals surface area contributed by atoms with Gasteiger partial charge in [0, 0.05) is 52.9 Å². The highest BCUT2D eigenvalue weighted by Gasteiger charge is 2.18. The topological polar surface area (TPSA) is 14.2 Å². The van der Waals surface area contributed by atoms with E-state index in [1.165, 1.54) is 53.1 Å². The molecule has 0 atom stereocenters. The van der Waals surface area contributed by atoms with Crippen molar-refractivity contribution in [3.63, 3.8) is 0 Å². The van der Waals surface area contributed by atoms with Crippen LogP contribution in [0.4, 0.5) is 5.69 Å². The molecule has 0 amide bonds. The van der Waals surface area contributed by atoms with Crippen molar-refractivity contribution in [2.45, 2.75) is 0 Å². The van der Waals surface area contributed by atoms with Gasteiger partial charge in [0.2, 0.25) is 0 Å². The molecule has 4 heteroatoms. The summed E-state index contributed by atoms with van der Waals surface area (Å²) in [4.78, 5) is 3.73. The minimum Gasteiger partial charge on any atom is -0.310 e. The maximum Gasteiger partial charge on any atom is 0.189 e. The predicted molar refractivity (Wildman–Crippen MR) is 174 cm³/mol.